The lowest BCUT2D eigenvalue weighted by molar-refractivity contribution is 0.359. The summed E-state index contributed by atoms with van der Waals surface area (Å²) in [5.41, 5.74) is 0. The number of rotatable bonds is 0. The van der Waals surface area contributed by atoms with E-state index in [2.05, 4.69) is 10.6 Å². The number of nitrogens with one attached hydrogen (secondary N) is 2. The van der Waals surface area contributed by atoms with Gasteiger partial charge < -0.3 is 20.1 Å². The molecule has 0 amide bonds. The van der Waals surface area contributed by atoms with Gasteiger partial charge in [0.1, 0.15) is 0 Å². The van der Waals surface area contributed by atoms with Gasteiger partial charge >= 0.3 is 0 Å². The van der Waals surface area contributed by atoms with E-state index >= 15 is 0 Å². The van der Waals surface area contributed by atoms with E-state index in [1.165, 1.54) is 0 Å². The van der Waals surface area contributed by atoms with Gasteiger partial charge in [0.05, 0.1) is 20.1 Å². The molecule has 2 aromatic rings. The number of hydrogen-bond donors (Lipinski definition) is 2. The smallest absolute Gasteiger partial charge is 0.171 e. The van der Waals surface area contributed by atoms with E-state index in [0.717, 1.165) is 26.2 Å². The zero-order chi connectivity index (χ0) is 17.1. The highest BCUT2D eigenvalue weighted by molar-refractivity contribution is 6.42. The first-order valence-corrected chi connectivity index (χ1v) is 8.81. The van der Waals surface area contributed by atoms with Crippen LogP contribution in [-0.2, 0) is 0 Å². The van der Waals surface area contributed by atoms with E-state index in [4.69, 9.17) is 55.9 Å². The van der Waals surface area contributed by atoms with Gasteiger partial charge in [0.15, 0.2) is 23.0 Å². The summed E-state index contributed by atoms with van der Waals surface area (Å²) < 4.78 is 11.3. The van der Waals surface area contributed by atoms with Gasteiger partial charge in [-0.25, -0.2) is 0 Å². The quantitative estimate of drug-likeness (QED) is 0.525. The first-order chi connectivity index (χ1) is 11.5. The van der Waals surface area contributed by atoms with E-state index in [1.54, 1.807) is 24.3 Å². The summed E-state index contributed by atoms with van der Waals surface area (Å²) in [6.07, 6.45) is 0. The fraction of sp³-hybridized carbons (Fsp3) is 0.250. The minimum atomic E-state index is 0.391. The number of fused-ring (bicyclic) bond motifs is 2. The maximum atomic E-state index is 5.91. The molecule has 1 saturated heterocycles. The minimum absolute atomic E-state index is 0.391. The van der Waals surface area contributed by atoms with Crippen LogP contribution < -0.4 is 20.1 Å². The Morgan fingerprint density at radius 3 is 1.00 bits per heavy atom. The molecule has 0 saturated carbocycles. The van der Waals surface area contributed by atoms with Crippen LogP contribution >= 0.6 is 46.4 Å². The molecule has 0 aromatic heterocycles. The summed E-state index contributed by atoms with van der Waals surface area (Å²) in [4.78, 5) is 0. The molecular formula is C16H14Cl4N2O2. The van der Waals surface area contributed by atoms with E-state index < -0.39 is 0 Å². The van der Waals surface area contributed by atoms with Crippen LogP contribution in [0.25, 0.3) is 0 Å². The Morgan fingerprint density at radius 1 is 0.542 bits per heavy atom. The van der Waals surface area contributed by atoms with Gasteiger partial charge in [-0.1, -0.05) is 46.4 Å². The SMILES string of the molecule is C1CNCCN1.Clc1cc2c(cc1Cl)Oc1cc(Cl)c(Cl)cc1O2. The van der Waals surface area contributed by atoms with Crippen LogP contribution in [0.5, 0.6) is 23.0 Å². The highest BCUT2D eigenvalue weighted by Gasteiger charge is 2.21. The fourth-order valence-corrected chi connectivity index (χ4v) is 2.79. The predicted molar refractivity (Wildman–Crippen MR) is 98.8 cm³/mol. The molecule has 4 rings (SSSR count). The molecule has 2 heterocycles. The van der Waals surface area contributed by atoms with Crippen LogP contribution in [0.4, 0.5) is 0 Å². The molecule has 0 aliphatic carbocycles. The van der Waals surface area contributed by atoms with Crippen molar-refractivity contribution >= 4 is 46.4 Å². The molecular weight excluding hydrogens is 394 g/mol. The lowest BCUT2D eigenvalue weighted by Gasteiger charge is -2.21. The molecule has 0 unspecified atom stereocenters. The second kappa shape index (κ2) is 8.00. The molecule has 2 aliphatic heterocycles. The van der Waals surface area contributed by atoms with Crippen LogP contribution in [0.3, 0.4) is 0 Å². The average Bonchev–Trinajstić information content (AvgIpc) is 2.58. The Bertz CT molecular complexity index is 628. The van der Waals surface area contributed by atoms with Crippen LogP contribution in [0, 0.1) is 0 Å². The van der Waals surface area contributed by atoms with Gasteiger partial charge in [-0.3, -0.25) is 0 Å². The normalized spacial score (nSPS) is 15.2. The lowest BCUT2D eigenvalue weighted by Crippen LogP contribution is -2.39. The molecule has 2 aliphatic rings. The number of hydrogen-bond acceptors (Lipinski definition) is 4. The Hall–Kier alpha value is -0.880. The molecule has 8 heteroatoms. The van der Waals surface area contributed by atoms with Gasteiger partial charge in [-0.2, -0.15) is 0 Å². The molecule has 1 fully saturated rings. The van der Waals surface area contributed by atoms with Crippen molar-refractivity contribution in [3.8, 4) is 23.0 Å². The Labute approximate surface area is 159 Å². The van der Waals surface area contributed by atoms with Crippen LogP contribution in [0.2, 0.25) is 20.1 Å². The van der Waals surface area contributed by atoms with Crippen LogP contribution in [0.1, 0.15) is 0 Å². The molecule has 2 N–H and O–H groups in total. The van der Waals surface area contributed by atoms with Gasteiger partial charge in [-0.05, 0) is 0 Å². The molecule has 0 radical (unpaired) electrons. The van der Waals surface area contributed by atoms with Crippen molar-refractivity contribution in [1.29, 1.82) is 0 Å². The maximum absolute atomic E-state index is 5.91. The molecule has 128 valence electrons. The van der Waals surface area contributed by atoms with Crippen molar-refractivity contribution in [3.05, 3.63) is 44.4 Å². The van der Waals surface area contributed by atoms with E-state index in [1.807, 2.05) is 0 Å². The molecule has 0 atom stereocenters. The first kappa shape index (κ1) is 17.9. The van der Waals surface area contributed by atoms with Crippen molar-refractivity contribution in [1.82, 2.24) is 10.6 Å². The second-order valence-corrected chi connectivity index (χ2v) is 6.76. The average molecular weight is 408 g/mol. The topological polar surface area (TPSA) is 42.5 Å². The third kappa shape index (κ3) is 4.20. The predicted octanol–water partition coefficient (Wildman–Crippen LogP) is 5.38. The van der Waals surface area contributed by atoms with Gasteiger partial charge in [0.2, 0.25) is 0 Å². The number of benzene rings is 2. The van der Waals surface area contributed by atoms with Gasteiger partial charge in [-0.15, -0.1) is 0 Å². The fourth-order valence-electron chi connectivity index (χ4n) is 2.18. The standard InChI is InChI=1S/C12H4Cl4O2.C4H10N2/c13-5-1-9-10(2-6(5)14)18-12-4-8(16)7(15)3-11(12)17-9;1-2-6-4-3-5-1/h1-4H;5-6H,1-4H2. The van der Waals surface area contributed by atoms with Crippen LogP contribution in [0.15, 0.2) is 24.3 Å². The second-order valence-electron chi connectivity index (χ2n) is 5.13. The lowest BCUT2D eigenvalue weighted by atomic mass is 10.2. The van der Waals surface area contributed by atoms with Crippen molar-refractivity contribution in [2.75, 3.05) is 26.2 Å². The summed E-state index contributed by atoms with van der Waals surface area (Å²) in [6, 6.07) is 6.35. The monoisotopic (exact) mass is 406 g/mol. The summed E-state index contributed by atoms with van der Waals surface area (Å²) in [7, 11) is 0. The molecule has 24 heavy (non-hydrogen) atoms. The highest BCUT2D eigenvalue weighted by atomic mass is 35.5. The number of halogens is 4. The summed E-state index contributed by atoms with van der Waals surface area (Å²) >= 11 is 23.7. The summed E-state index contributed by atoms with van der Waals surface area (Å²) in [5.74, 6) is 1.93. The van der Waals surface area contributed by atoms with Gasteiger partial charge in [0, 0.05) is 50.4 Å². The molecule has 2 aromatic carbocycles. The van der Waals surface area contributed by atoms with Crippen molar-refractivity contribution in [3.63, 3.8) is 0 Å². The van der Waals surface area contributed by atoms with Gasteiger partial charge in [0.25, 0.3) is 0 Å². The number of piperazine rings is 1. The largest absolute Gasteiger partial charge is 0.449 e. The Morgan fingerprint density at radius 2 is 0.792 bits per heavy atom. The Balaban J connectivity index is 0.000000238. The Kier molecular flexibility index (Phi) is 5.98. The first-order valence-electron chi connectivity index (χ1n) is 7.30. The van der Waals surface area contributed by atoms with E-state index in [9.17, 15) is 0 Å². The van der Waals surface area contributed by atoms with Crippen LogP contribution in [-0.4, -0.2) is 26.2 Å². The number of ether oxygens (including phenoxy) is 2. The maximum Gasteiger partial charge on any atom is 0.171 e. The third-order valence-electron chi connectivity index (χ3n) is 3.37. The summed E-state index contributed by atoms with van der Waals surface area (Å²) in [5, 5.41) is 8.01. The van der Waals surface area contributed by atoms with E-state index in [0.29, 0.717) is 43.1 Å². The zero-order valence-electron chi connectivity index (χ0n) is 12.5. The highest BCUT2D eigenvalue weighted by Crippen LogP contribution is 2.49. The molecule has 4 nitrogen and oxygen atoms in total. The zero-order valence-corrected chi connectivity index (χ0v) is 15.5. The molecule has 0 spiro atoms. The third-order valence-corrected chi connectivity index (χ3v) is 4.81. The van der Waals surface area contributed by atoms with Crippen molar-refractivity contribution in [2.45, 2.75) is 0 Å². The van der Waals surface area contributed by atoms with Crippen molar-refractivity contribution < 1.29 is 9.47 Å². The van der Waals surface area contributed by atoms with E-state index in [-0.39, 0.29) is 0 Å². The summed E-state index contributed by atoms with van der Waals surface area (Å²) in [6.45, 7) is 4.56. The molecule has 0 bridgehead atoms. The van der Waals surface area contributed by atoms with Crippen molar-refractivity contribution in [2.24, 2.45) is 0 Å². The minimum Gasteiger partial charge on any atom is -0.449 e.